The lowest BCUT2D eigenvalue weighted by molar-refractivity contribution is -0.274. The highest BCUT2D eigenvalue weighted by Gasteiger charge is 2.43. The molecule has 0 spiro atoms. The quantitative estimate of drug-likeness (QED) is 0.720. The molecule has 2 aromatic rings. The largest absolute Gasteiger partial charge is 0.573 e. The number of aryl methyl sites for hydroxylation is 1. The van der Waals surface area contributed by atoms with Crippen molar-refractivity contribution in [1.29, 1.82) is 0 Å². The summed E-state index contributed by atoms with van der Waals surface area (Å²) in [5, 5.41) is 11.4. The first-order valence-electron chi connectivity index (χ1n) is 8.89. The maximum absolute atomic E-state index is 12.4. The molecule has 1 saturated carbocycles. The topological polar surface area (TPSA) is 90.5 Å². The van der Waals surface area contributed by atoms with Crippen LogP contribution < -0.4 is 20.7 Å². The van der Waals surface area contributed by atoms with Gasteiger partial charge in [0.05, 0.1) is 24.3 Å². The molecule has 1 aromatic carbocycles. The molecule has 1 unspecified atom stereocenters. The number of hydrogen-bond donors (Lipinski definition) is 3. The molecule has 1 fully saturated rings. The number of aliphatic hydroxyl groups excluding tert-OH is 1. The Morgan fingerprint density at radius 1 is 1.32 bits per heavy atom. The van der Waals surface area contributed by atoms with Crippen LogP contribution in [0.3, 0.4) is 0 Å². The minimum atomic E-state index is -4.75. The Balaban J connectivity index is 1.70. The summed E-state index contributed by atoms with van der Waals surface area (Å²) in [6.45, 7) is 1.38. The van der Waals surface area contributed by atoms with Gasteiger partial charge < -0.3 is 14.8 Å². The molecule has 1 aliphatic carbocycles. The lowest BCUT2D eigenvalue weighted by Crippen LogP contribution is -2.40. The van der Waals surface area contributed by atoms with E-state index in [1.54, 1.807) is 24.1 Å². The molecular formula is C18H19F3N4O3. The van der Waals surface area contributed by atoms with E-state index in [2.05, 4.69) is 20.1 Å². The molecule has 0 radical (unpaired) electrons. The Hall–Kier alpha value is -2.59. The number of anilines is 1. The van der Waals surface area contributed by atoms with Crippen molar-refractivity contribution in [2.45, 2.75) is 38.2 Å². The normalized spacial score (nSPS) is 20.2. The van der Waals surface area contributed by atoms with E-state index in [0.29, 0.717) is 17.2 Å². The molecule has 28 heavy (non-hydrogen) atoms. The SMILES string of the molecule is Cc1nc2c(c(=O)[nH]1)C(CO)NN2[C@H](c1ccc(OC(F)(F)F)cc1)C1CC1. The number of H-pyrrole nitrogens is 1. The van der Waals surface area contributed by atoms with Crippen molar-refractivity contribution in [1.82, 2.24) is 15.4 Å². The zero-order chi connectivity index (χ0) is 20.1. The van der Waals surface area contributed by atoms with Gasteiger partial charge in [-0.2, -0.15) is 0 Å². The minimum absolute atomic E-state index is 0.232. The third kappa shape index (κ3) is 3.57. The highest BCUT2D eigenvalue weighted by molar-refractivity contribution is 5.54. The maximum Gasteiger partial charge on any atom is 0.573 e. The maximum atomic E-state index is 12.4. The first-order valence-corrected chi connectivity index (χ1v) is 8.89. The Bertz CT molecular complexity index is 925. The van der Waals surface area contributed by atoms with E-state index in [1.807, 2.05) is 0 Å². The summed E-state index contributed by atoms with van der Waals surface area (Å²) in [7, 11) is 0. The van der Waals surface area contributed by atoms with Crippen LogP contribution in [0, 0.1) is 12.8 Å². The highest BCUT2D eigenvalue weighted by Crippen LogP contribution is 2.47. The van der Waals surface area contributed by atoms with E-state index in [1.165, 1.54) is 12.1 Å². The monoisotopic (exact) mass is 396 g/mol. The van der Waals surface area contributed by atoms with Gasteiger partial charge in [0.15, 0.2) is 5.82 Å². The Morgan fingerprint density at radius 2 is 2.00 bits per heavy atom. The molecule has 7 nitrogen and oxygen atoms in total. The predicted molar refractivity (Wildman–Crippen MR) is 93.6 cm³/mol. The van der Waals surface area contributed by atoms with Crippen LogP contribution in [-0.4, -0.2) is 28.0 Å². The molecule has 2 heterocycles. The van der Waals surface area contributed by atoms with Gasteiger partial charge >= 0.3 is 6.36 Å². The smallest absolute Gasteiger partial charge is 0.406 e. The number of ether oxygens (including phenoxy) is 1. The van der Waals surface area contributed by atoms with Crippen LogP contribution in [0.2, 0.25) is 0 Å². The summed E-state index contributed by atoms with van der Waals surface area (Å²) >= 11 is 0. The molecule has 150 valence electrons. The second-order valence-electron chi connectivity index (χ2n) is 7.02. The number of aromatic nitrogens is 2. The van der Waals surface area contributed by atoms with Crippen molar-refractivity contribution in [3.05, 3.63) is 51.6 Å². The molecule has 2 aliphatic rings. The summed E-state index contributed by atoms with van der Waals surface area (Å²) in [5.41, 5.74) is 3.95. The van der Waals surface area contributed by atoms with Gasteiger partial charge in [0.25, 0.3) is 5.56 Å². The number of aliphatic hydroxyl groups is 1. The van der Waals surface area contributed by atoms with Crippen molar-refractivity contribution in [3.63, 3.8) is 0 Å². The van der Waals surface area contributed by atoms with E-state index < -0.39 is 12.4 Å². The molecule has 2 atom stereocenters. The number of halogens is 3. The van der Waals surface area contributed by atoms with E-state index in [9.17, 15) is 23.1 Å². The van der Waals surface area contributed by atoms with Gasteiger partial charge in [-0.25, -0.2) is 10.4 Å². The van der Waals surface area contributed by atoms with Crippen molar-refractivity contribution in [3.8, 4) is 5.75 Å². The van der Waals surface area contributed by atoms with E-state index in [4.69, 9.17) is 0 Å². The van der Waals surface area contributed by atoms with Crippen molar-refractivity contribution < 1.29 is 23.0 Å². The van der Waals surface area contributed by atoms with Crippen LogP contribution in [0.4, 0.5) is 19.0 Å². The fraction of sp³-hybridized carbons (Fsp3) is 0.444. The number of hydrazine groups is 1. The standard InChI is InChI=1S/C18H19F3N4O3/c1-9-22-16-14(17(27)23-9)13(8-26)24-25(16)15(10-2-3-10)11-4-6-12(7-5-11)28-18(19,20)21/h4-7,10,13,15,24,26H,2-3,8H2,1H3,(H,22,23,27)/t13?,15-/m0/s1. The van der Waals surface area contributed by atoms with Gasteiger partial charge in [0, 0.05) is 0 Å². The van der Waals surface area contributed by atoms with Gasteiger partial charge in [0.1, 0.15) is 11.6 Å². The third-order valence-corrected chi connectivity index (χ3v) is 4.91. The zero-order valence-corrected chi connectivity index (χ0v) is 15.0. The average molecular weight is 396 g/mol. The second-order valence-corrected chi connectivity index (χ2v) is 7.02. The fourth-order valence-corrected chi connectivity index (χ4v) is 3.63. The van der Waals surface area contributed by atoms with Crippen molar-refractivity contribution in [2.75, 3.05) is 11.6 Å². The molecule has 0 bridgehead atoms. The van der Waals surface area contributed by atoms with Gasteiger partial charge in [-0.1, -0.05) is 12.1 Å². The van der Waals surface area contributed by atoms with Gasteiger partial charge in [-0.3, -0.25) is 9.80 Å². The fourth-order valence-electron chi connectivity index (χ4n) is 3.63. The van der Waals surface area contributed by atoms with Crippen LogP contribution in [0.25, 0.3) is 0 Å². The van der Waals surface area contributed by atoms with E-state index in [-0.39, 0.29) is 29.9 Å². The number of fused-ring (bicyclic) bond motifs is 1. The Labute approximate surface area is 158 Å². The summed E-state index contributed by atoms with van der Waals surface area (Å²) in [5.74, 6) is 0.846. The van der Waals surface area contributed by atoms with Gasteiger partial charge in [0.2, 0.25) is 0 Å². The second kappa shape index (κ2) is 6.78. The summed E-state index contributed by atoms with van der Waals surface area (Å²) in [4.78, 5) is 19.5. The van der Waals surface area contributed by atoms with E-state index >= 15 is 0 Å². The average Bonchev–Trinajstić information content (AvgIpc) is 3.37. The van der Waals surface area contributed by atoms with Crippen molar-refractivity contribution in [2.24, 2.45) is 5.92 Å². The number of aromatic amines is 1. The molecule has 3 N–H and O–H groups in total. The van der Waals surface area contributed by atoms with Crippen LogP contribution in [-0.2, 0) is 0 Å². The lowest BCUT2D eigenvalue weighted by Gasteiger charge is -2.30. The number of benzene rings is 1. The van der Waals surface area contributed by atoms with Crippen molar-refractivity contribution >= 4 is 5.82 Å². The summed E-state index contributed by atoms with van der Waals surface area (Å²) in [6.07, 6.45) is -2.85. The van der Waals surface area contributed by atoms with Gasteiger partial charge in [-0.05, 0) is 43.4 Å². The molecule has 4 rings (SSSR count). The number of hydrogen-bond acceptors (Lipinski definition) is 6. The molecule has 10 heteroatoms. The zero-order valence-electron chi connectivity index (χ0n) is 15.0. The van der Waals surface area contributed by atoms with Gasteiger partial charge in [-0.15, -0.1) is 13.2 Å². The number of alkyl halides is 3. The molecular weight excluding hydrogens is 377 g/mol. The lowest BCUT2D eigenvalue weighted by atomic mass is 10.0. The van der Waals surface area contributed by atoms with Crippen LogP contribution in [0.5, 0.6) is 5.75 Å². The molecule has 1 aliphatic heterocycles. The minimum Gasteiger partial charge on any atom is -0.406 e. The van der Waals surface area contributed by atoms with Crippen LogP contribution in [0.15, 0.2) is 29.1 Å². The Kier molecular flexibility index (Phi) is 4.54. The van der Waals surface area contributed by atoms with E-state index in [0.717, 1.165) is 18.4 Å². The number of nitrogens with zero attached hydrogens (tertiary/aromatic N) is 2. The van der Waals surface area contributed by atoms with Crippen LogP contribution >= 0.6 is 0 Å². The summed E-state index contributed by atoms with van der Waals surface area (Å²) < 4.78 is 41.1. The van der Waals surface area contributed by atoms with Crippen LogP contribution in [0.1, 0.15) is 41.9 Å². The first kappa shape index (κ1) is 18.8. The number of nitrogens with one attached hydrogen (secondary N) is 2. The Morgan fingerprint density at radius 3 is 2.57 bits per heavy atom. The third-order valence-electron chi connectivity index (χ3n) is 4.91. The predicted octanol–water partition coefficient (Wildman–Crippen LogP) is 2.49. The first-order chi connectivity index (χ1) is 13.3. The number of rotatable bonds is 5. The molecule has 1 aromatic heterocycles. The summed E-state index contributed by atoms with van der Waals surface area (Å²) in [6, 6.07) is 4.88. The molecule has 0 saturated heterocycles. The molecule has 0 amide bonds. The highest BCUT2D eigenvalue weighted by atomic mass is 19.4.